The molecule has 2 N–H and O–H groups in total. The highest BCUT2D eigenvalue weighted by Crippen LogP contribution is 2.09. The molecule has 0 radical (unpaired) electrons. The van der Waals surface area contributed by atoms with Crippen molar-refractivity contribution in [3.63, 3.8) is 0 Å². The summed E-state index contributed by atoms with van der Waals surface area (Å²) in [7, 11) is 1.97. The fourth-order valence-corrected chi connectivity index (χ4v) is 3.25. The van der Waals surface area contributed by atoms with E-state index in [2.05, 4.69) is 59.1 Å². The van der Waals surface area contributed by atoms with Crippen LogP contribution in [-0.4, -0.2) is 33.3 Å². The zero-order valence-corrected chi connectivity index (χ0v) is 20.2. The molecule has 0 aromatic carbocycles. The molecule has 6 nitrogen and oxygen atoms in total. The van der Waals surface area contributed by atoms with Crippen LogP contribution >= 0.6 is 35.3 Å². The lowest BCUT2D eigenvalue weighted by Gasteiger charge is -2.19. The molecule has 0 aliphatic heterocycles. The van der Waals surface area contributed by atoms with Crippen LogP contribution in [0.25, 0.3) is 0 Å². The van der Waals surface area contributed by atoms with Crippen molar-refractivity contribution in [1.29, 1.82) is 0 Å². The lowest BCUT2D eigenvalue weighted by atomic mass is 10.0. The van der Waals surface area contributed by atoms with Crippen LogP contribution in [0.15, 0.2) is 22.5 Å². The van der Waals surface area contributed by atoms with Gasteiger partial charge in [0, 0.05) is 24.5 Å². The van der Waals surface area contributed by atoms with Crippen molar-refractivity contribution >= 4 is 41.3 Å². The molecule has 8 heteroatoms. The summed E-state index contributed by atoms with van der Waals surface area (Å²) < 4.78 is 1.98. The van der Waals surface area contributed by atoms with E-state index < -0.39 is 0 Å². The Kier molecular flexibility index (Phi) is 10.9. The van der Waals surface area contributed by atoms with Crippen molar-refractivity contribution in [2.45, 2.75) is 59.5 Å². The molecule has 2 aromatic rings. The normalized spacial score (nSPS) is 12.7. The molecule has 1 unspecified atom stereocenters. The van der Waals surface area contributed by atoms with Crippen molar-refractivity contribution in [1.82, 2.24) is 25.4 Å². The standard InChI is InChI=1S/C19H32N6S.HI/c1-14(2)8-9-15(3)22-19(20-11-10-17-7-6-12-26-17)21-13-18-24-23-16(4)25(18)5;/h6-7,12,14-15H,8-11,13H2,1-5H3,(H2,20,21,22);1H. The van der Waals surface area contributed by atoms with Gasteiger partial charge in [-0.3, -0.25) is 0 Å². The first kappa shape index (κ1) is 23.9. The Labute approximate surface area is 184 Å². The summed E-state index contributed by atoms with van der Waals surface area (Å²) in [6.45, 7) is 10.1. The van der Waals surface area contributed by atoms with Crippen molar-refractivity contribution in [2.24, 2.45) is 18.0 Å². The third kappa shape index (κ3) is 8.59. The summed E-state index contributed by atoms with van der Waals surface area (Å²) in [5.74, 6) is 3.34. The third-order valence-electron chi connectivity index (χ3n) is 4.37. The molecule has 0 aliphatic rings. The molecule has 2 rings (SSSR count). The van der Waals surface area contributed by atoms with Gasteiger partial charge in [0.25, 0.3) is 0 Å². The summed E-state index contributed by atoms with van der Waals surface area (Å²) in [5, 5.41) is 17.4. The first-order valence-corrected chi connectivity index (χ1v) is 10.3. The molecule has 152 valence electrons. The number of guanidine groups is 1. The Morgan fingerprint density at radius 1 is 1.26 bits per heavy atom. The second-order valence-electron chi connectivity index (χ2n) is 7.16. The molecule has 0 bridgehead atoms. The maximum atomic E-state index is 4.73. The average Bonchev–Trinajstić information content (AvgIpc) is 3.22. The van der Waals surface area contributed by atoms with Crippen molar-refractivity contribution in [3.05, 3.63) is 34.0 Å². The fourth-order valence-electron chi connectivity index (χ4n) is 2.54. The highest BCUT2D eigenvalue weighted by atomic mass is 127. The minimum absolute atomic E-state index is 0. The van der Waals surface area contributed by atoms with Gasteiger partial charge >= 0.3 is 0 Å². The monoisotopic (exact) mass is 504 g/mol. The summed E-state index contributed by atoms with van der Waals surface area (Å²) in [6, 6.07) is 4.65. The summed E-state index contributed by atoms with van der Waals surface area (Å²) in [6.07, 6.45) is 3.34. The molecule has 1 atom stereocenters. The number of nitrogens with zero attached hydrogens (tertiary/aromatic N) is 4. The van der Waals surface area contributed by atoms with E-state index in [0.717, 1.165) is 37.0 Å². The molecular weight excluding hydrogens is 471 g/mol. The zero-order valence-electron chi connectivity index (χ0n) is 17.0. The second kappa shape index (κ2) is 12.3. The van der Waals surface area contributed by atoms with Gasteiger partial charge in [0.2, 0.25) is 0 Å². The van der Waals surface area contributed by atoms with E-state index in [0.29, 0.717) is 18.5 Å². The highest BCUT2D eigenvalue weighted by molar-refractivity contribution is 14.0. The molecular formula is C19H33IN6S. The van der Waals surface area contributed by atoms with Gasteiger partial charge in [-0.25, -0.2) is 4.99 Å². The van der Waals surface area contributed by atoms with E-state index in [1.165, 1.54) is 11.3 Å². The predicted molar refractivity (Wildman–Crippen MR) is 125 cm³/mol. The highest BCUT2D eigenvalue weighted by Gasteiger charge is 2.09. The summed E-state index contributed by atoms with van der Waals surface area (Å²) >= 11 is 1.79. The molecule has 0 saturated carbocycles. The zero-order chi connectivity index (χ0) is 18.9. The number of aromatic nitrogens is 3. The van der Waals surface area contributed by atoms with E-state index in [4.69, 9.17) is 4.99 Å². The number of halogens is 1. The predicted octanol–water partition coefficient (Wildman–Crippen LogP) is 3.91. The molecule has 2 heterocycles. The number of nitrogens with one attached hydrogen (secondary N) is 2. The first-order chi connectivity index (χ1) is 12.5. The number of aryl methyl sites for hydroxylation is 1. The molecule has 0 spiro atoms. The lowest BCUT2D eigenvalue weighted by Crippen LogP contribution is -2.43. The molecule has 0 amide bonds. The maximum Gasteiger partial charge on any atom is 0.191 e. The minimum Gasteiger partial charge on any atom is -0.356 e. The average molecular weight is 504 g/mol. The number of hydrogen-bond acceptors (Lipinski definition) is 4. The second-order valence-corrected chi connectivity index (χ2v) is 8.19. The Hall–Kier alpha value is -1.16. The van der Waals surface area contributed by atoms with Crippen LogP contribution in [0.5, 0.6) is 0 Å². The quantitative estimate of drug-likeness (QED) is 0.309. The molecule has 0 fully saturated rings. The topological polar surface area (TPSA) is 67.1 Å². The fraction of sp³-hybridized carbons (Fsp3) is 0.632. The van der Waals surface area contributed by atoms with E-state index in [1.807, 2.05) is 18.5 Å². The van der Waals surface area contributed by atoms with Crippen LogP contribution in [0.3, 0.4) is 0 Å². The largest absolute Gasteiger partial charge is 0.356 e. The number of aliphatic imine (C=N–C) groups is 1. The van der Waals surface area contributed by atoms with Crippen molar-refractivity contribution < 1.29 is 0 Å². The van der Waals surface area contributed by atoms with Gasteiger partial charge in [-0.15, -0.1) is 45.5 Å². The van der Waals surface area contributed by atoms with Crippen LogP contribution < -0.4 is 10.6 Å². The van der Waals surface area contributed by atoms with Crippen LogP contribution in [0.4, 0.5) is 0 Å². The van der Waals surface area contributed by atoms with Gasteiger partial charge in [-0.1, -0.05) is 19.9 Å². The van der Waals surface area contributed by atoms with Crippen molar-refractivity contribution in [3.8, 4) is 0 Å². The van der Waals surface area contributed by atoms with Crippen LogP contribution in [0.2, 0.25) is 0 Å². The van der Waals surface area contributed by atoms with Crippen LogP contribution in [0.1, 0.15) is 50.1 Å². The molecule has 0 aliphatic carbocycles. The van der Waals surface area contributed by atoms with E-state index in [9.17, 15) is 0 Å². The van der Waals surface area contributed by atoms with Crippen LogP contribution in [-0.2, 0) is 20.0 Å². The van der Waals surface area contributed by atoms with E-state index in [1.54, 1.807) is 11.3 Å². The van der Waals surface area contributed by atoms with Gasteiger partial charge < -0.3 is 15.2 Å². The smallest absolute Gasteiger partial charge is 0.191 e. The number of rotatable bonds is 9. The van der Waals surface area contributed by atoms with Crippen LogP contribution in [0, 0.1) is 12.8 Å². The Bertz CT molecular complexity index is 680. The van der Waals surface area contributed by atoms with Gasteiger partial charge in [0.1, 0.15) is 12.4 Å². The lowest BCUT2D eigenvalue weighted by molar-refractivity contribution is 0.488. The molecule has 27 heavy (non-hydrogen) atoms. The maximum absolute atomic E-state index is 4.73. The van der Waals surface area contributed by atoms with Crippen molar-refractivity contribution in [2.75, 3.05) is 6.54 Å². The Morgan fingerprint density at radius 3 is 2.63 bits per heavy atom. The number of hydrogen-bond donors (Lipinski definition) is 2. The van der Waals surface area contributed by atoms with Gasteiger partial charge in [0.15, 0.2) is 11.8 Å². The van der Waals surface area contributed by atoms with Gasteiger partial charge in [0.05, 0.1) is 0 Å². The van der Waals surface area contributed by atoms with E-state index >= 15 is 0 Å². The SMILES string of the molecule is Cc1nnc(CN=C(NCCc2cccs2)NC(C)CCC(C)C)n1C.I. The van der Waals surface area contributed by atoms with E-state index in [-0.39, 0.29) is 24.0 Å². The molecule has 2 aromatic heterocycles. The Balaban J connectivity index is 0.00000364. The third-order valence-corrected chi connectivity index (χ3v) is 5.30. The minimum atomic E-state index is 0. The van der Waals surface area contributed by atoms with Gasteiger partial charge in [-0.05, 0) is 50.5 Å². The number of thiophene rings is 1. The summed E-state index contributed by atoms with van der Waals surface area (Å²) in [5.41, 5.74) is 0. The van der Waals surface area contributed by atoms with Gasteiger partial charge in [-0.2, -0.15) is 0 Å². The first-order valence-electron chi connectivity index (χ1n) is 9.37. The Morgan fingerprint density at radius 2 is 2.04 bits per heavy atom. The molecule has 0 saturated heterocycles. The summed E-state index contributed by atoms with van der Waals surface area (Å²) in [4.78, 5) is 6.11.